The number of carbonyl (C=O) groups is 1. The molecule has 0 radical (unpaired) electrons. The summed E-state index contributed by atoms with van der Waals surface area (Å²) in [5.74, 6) is -1.34. The highest BCUT2D eigenvalue weighted by atomic mass is 35.5. The Morgan fingerprint density at radius 3 is 2.31 bits per heavy atom. The number of nitrogens with two attached hydrogens (primary N) is 1. The molecule has 6 heteroatoms. The Kier molecular flexibility index (Phi) is 2.91. The van der Waals surface area contributed by atoms with Gasteiger partial charge in [0.1, 0.15) is 11.3 Å². The van der Waals surface area contributed by atoms with E-state index in [1.54, 1.807) is 0 Å². The van der Waals surface area contributed by atoms with E-state index in [0.29, 0.717) is 0 Å². The van der Waals surface area contributed by atoms with Crippen molar-refractivity contribution < 1.29 is 9.90 Å². The normalized spacial score (nSPS) is 10.1. The van der Waals surface area contributed by atoms with Gasteiger partial charge in [-0.1, -0.05) is 34.8 Å². The van der Waals surface area contributed by atoms with Crippen LogP contribution in [0.15, 0.2) is 6.07 Å². The number of primary amides is 1. The smallest absolute Gasteiger partial charge is 0.254 e. The second kappa shape index (κ2) is 3.62. The lowest BCUT2D eigenvalue weighted by Crippen LogP contribution is -2.12. The number of hydrogen-bond donors (Lipinski definition) is 2. The molecule has 0 saturated carbocycles. The standard InChI is InChI=1S/C7H4Cl3NO2/c8-2-1-3(9)6(12)4(5(2)10)7(11)13/h1,12H,(H2,11,13). The van der Waals surface area contributed by atoms with Gasteiger partial charge in [0.25, 0.3) is 5.91 Å². The Morgan fingerprint density at radius 1 is 1.31 bits per heavy atom. The van der Waals surface area contributed by atoms with Gasteiger partial charge in [-0.05, 0) is 6.07 Å². The number of carbonyl (C=O) groups excluding carboxylic acids is 1. The molecule has 70 valence electrons. The summed E-state index contributed by atoms with van der Waals surface area (Å²) in [5.41, 5.74) is 4.69. The summed E-state index contributed by atoms with van der Waals surface area (Å²) in [6.07, 6.45) is 0. The largest absolute Gasteiger partial charge is 0.505 e. The van der Waals surface area contributed by atoms with E-state index in [1.165, 1.54) is 6.07 Å². The molecule has 3 N–H and O–H groups in total. The molecule has 0 atom stereocenters. The van der Waals surface area contributed by atoms with E-state index in [-0.39, 0.29) is 20.6 Å². The van der Waals surface area contributed by atoms with Crippen molar-refractivity contribution in [2.75, 3.05) is 0 Å². The van der Waals surface area contributed by atoms with Crippen LogP contribution < -0.4 is 5.73 Å². The minimum Gasteiger partial charge on any atom is -0.505 e. The number of aromatic hydroxyl groups is 1. The van der Waals surface area contributed by atoms with Crippen LogP contribution in [0.1, 0.15) is 10.4 Å². The highest BCUT2D eigenvalue weighted by Gasteiger charge is 2.18. The number of amides is 1. The first kappa shape index (κ1) is 10.4. The van der Waals surface area contributed by atoms with Crippen molar-refractivity contribution in [3.63, 3.8) is 0 Å². The minimum absolute atomic E-state index is 0.0665. The lowest BCUT2D eigenvalue weighted by atomic mass is 10.2. The number of benzene rings is 1. The van der Waals surface area contributed by atoms with E-state index in [2.05, 4.69) is 0 Å². The molecule has 0 bridgehead atoms. The first-order chi connectivity index (χ1) is 5.95. The average Bonchev–Trinajstić information content (AvgIpc) is 2.01. The van der Waals surface area contributed by atoms with Crippen molar-refractivity contribution in [1.82, 2.24) is 0 Å². The minimum atomic E-state index is -0.883. The summed E-state index contributed by atoms with van der Waals surface area (Å²) < 4.78 is 0. The second-order valence-electron chi connectivity index (χ2n) is 2.24. The molecule has 0 aromatic heterocycles. The second-order valence-corrected chi connectivity index (χ2v) is 3.43. The zero-order valence-corrected chi connectivity index (χ0v) is 8.41. The van der Waals surface area contributed by atoms with E-state index in [1.807, 2.05) is 0 Å². The summed E-state index contributed by atoms with van der Waals surface area (Å²) in [7, 11) is 0. The summed E-state index contributed by atoms with van der Waals surface area (Å²) in [5, 5.41) is 9.20. The van der Waals surface area contributed by atoms with Crippen LogP contribution in [0.3, 0.4) is 0 Å². The molecule has 0 fully saturated rings. The van der Waals surface area contributed by atoms with E-state index in [4.69, 9.17) is 40.5 Å². The van der Waals surface area contributed by atoms with Crippen molar-refractivity contribution in [2.24, 2.45) is 5.73 Å². The van der Waals surface area contributed by atoms with Crippen LogP contribution in [0.5, 0.6) is 5.75 Å². The summed E-state index contributed by atoms with van der Waals surface area (Å²) in [4.78, 5) is 10.8. The van der Waals surface area contributed by atoms with Gasteiger partial charge in [0.2, 0.25) is 0 Å². The average molecular weight is 240 g/mol. The molecule has 1 rings (SSSR count). The van der Waals surface area contributed by atoms with Crippen LogP contribution in [-0.4, -0.2) is 11.0 Å². The summed E-state index contributed by atoms with van der Waals surface area (Å²) in [6.45, 7) is 0. The summed E-state index contributed by atoms with van der Waals surface area (Å²) in [6, 6.07) is 1.23. The van der Waals surface area contributed by atoms with E-state index in [9.17, 15) is 9.90 Å². The lowest BCUT2D eigenvalue weighted by molar-refractivity contribution is 0.0998. The molecule has 0 aliphatic heterocycles. The van der Waals surface area contributed by atoms with Crippen LogP contribution in [0.2, 0.25) is 15.1 Å². The first-order valence-electron chi connectivity index (χ1n) is 3.11. The third-order valence-electron chi connectivity index (χ3n) is 1.39. The maximum atomic E-state index is 10.8. The Hall–Kier alpha value is -0.640. The third kappa shape index (κ3) is 1.82. The fourth-order valence-corrected chi connectivity index (χ4v) is 1.51. The van der Waals surface area contributed by atoms with E-state index in [0.717, 1.165) is 0 Å². The molecule has 0 aliphatic rings. The van der Waals surface area contributed by atoms with Crippen LogP contribution in [-0.2, 0) is 0 Å². The molecule has 13 heavy (non-hydrogen) atoms. The van der Waals surface area contributed by atoms with Crippen molar-refractivity contribution in [2.45, 2.75) is 0 Å². The molecule has 0 saturated heterocycles. The number of phenols is 1. The lowest BCUT2D eigenvalue weighted by Gasteiger charge is -2.06. The van der Waals surface area contributed by atoms with Crippen LogP contribution in [0.25, 0.3) is 0 Å². The molecule has 0 aliphatic carbocycles. The van der Waals surface area contributed by atoms with Crippen LogP contribution in [0, 0.1) is 0 Å². The van der Waals surface area contributed by atoms with Crippen molar-refractivity contribution in [3.8, 4) is 5.75 Å². The predicted octanol–water partition coefficient (Wildman–Crippen LogP) is 2.45. The Labute approximate surface area is 89.0 Å². The van der Waals surface area contributed by atoms with E-state index < -0.39 is 11.7 Å². The third-order valence-corrected chi connectivity index (χ3v) is 2.47. The molecule has 1 aromatic carbocycles. The summed E-state index contributed by atoms with van der Waals surface area (Å²) >= 11 is 16.7. The van der Waals surface area contributed by atoms with Gasteiger partial charge in [0.15, 0.2) is 0 Å². The number of rotatable bonds is 1. The van der Waals surface area contributed by atoms with Gasteiger partial charge < -0.3 is 10.8 Å². The van der Waals surface area contributed by atoms with Gasteiger partial charge in [0.05, 0.1) is 15.1 Å². The van der Waals surface area contributed by atoms with Gasteiger partial charge in [-0.15, -0.1) is 0 Å². The maximum absolute atomic E-state index is 10.8. The topological polar surface area (TPSA) is 63.3 Å². The van der Waals surface area contributed by atoms with Gasteiger partial charge in [-0.25, -0.2) is 0 Å². The van der Waals surface area contributed by atoms with Crippen molar-refractivity contribution >= 4 is 40.7 Å². The molecule has 0 unspecified atom stereocenters. The van der Waals surface area contributed by atoms with Crippen LogP contribution >= 0.6 is 34.8 Å². The highest BCUT2D eigenvalue weighted by molar-refractivity contribution is 6.45. The SMILES string of the molecule is NC(=O)c1c(O)c(Cl)cc(Cl)c1Cl. The van der Waals surface area contributed by atoms with E-state index >= 15 is 0 Å². The Balaban J connectivity index is 3.56. The van der Waals surface area contributed by atoms with Gasteiger partial charge in [0, 0.05) is 0 Å². The molecule has 0 spiro atoms. The molecule has 1 amide bonds. The monoisotopic (exact) mass is 239 g/mol. The fourth-order valence-electron chi connectivity index (χ4n) is 0.811. The number of halogens is 3. The maximum Gasteiger partial charge on any atom is 0.254 e. The predicted molar refractivity (Wildman–Crippen MR) is 51.7 cm³/mol. The zero-order valence-electron chi connectivity index (χ0n) is 6.14. The fraction of sp³-hybridized carbons (Fsp3) is 0. The molecule has 1 aromatic rings. The number of hydrogen-bond acceptors (Lipinski definition) is 2. The highest BCUT2D eigenvalue weighted by Crippen LogP contribution is 2.37. The van der Waals surface area contributed by atoms with Crippen molar-refractivity contribution in [3.05, 3.63) is 26.7 Å². The molecule has 3 nitrogen and oxygen atoms in total. The quantitative estimate of drug-likeness (QED) is 0.741. The van der Waals surface area contributed by atoms with Crippen molar-refractivity contribution in [1.29, 1.82) is 0 Å². The van der Waals surface area contributed by atoms with Gasteiger partial charge in [-0.2, -0.15) is 0 Å². The first-order valence-corrected chi connectivity index (χ1v) is 4.24. The van der Waals surface area contributed by atoms with Gasteiger partial charge in [-0.3, -0.25) is 4.79 Å². The molecule has 0 heterocycles. The van der Waals surface area contributed by atoms with Crippen LogP contribution in [0.4, 0.5) is 0 Å². The Morgan fingerprint density at radius 2 is 1.85 bits per heavy atom. The Bertz CT molecular complexity index is 352. The van der Waals surface area contributed by atoms with Gasteiger partial charge >= 0.3 is 0 Å². The molecular formula is C7H4Cl3NO2. The molecular weight excluding hydrogens is 236 g/mol. The zero-order chi connectivity index (χ0) is 10.2.